The SMILES string of the molecule is CCCCC(CC)C(=O)[P+](O)(O)O. The predicted molar refractivity (Wildman–Crippen MR) is 51.9 cm³/mol. The number of rotatable bonds is 6. The maximum absolute atomic E-state index is 11.2. The standard InChI is InChI=1S/C8H18O4P/c1-3-5-6-7(4-2)8(9)13(10,11)12/h7,10-12H,3-6H2,1-2H3/q+1. The minimum Gasteiger partial charge on any atom is -0.243 e. The van der Waals surface area contributed by atoms with Gasteiger partial charge in [0.15, 0.2) is 0 Å². The molecule has 4 nitrogen and oxygen atoms in total. The first-order valence-electron chi connectivity index (χ1n) is 4.55. The third-order valence-corrected chi connectivity index (χ3v) is 3.00. The van der Waals surface area contributed by atoms with Gasteiger partial charge in [-0.15, -0.1) is 0 Å². The summed E-state index contributed by atoms with van der Waals surface area (Å²) >= 11 is 0. The van der Waals surface area contributed by atoms with Crippen LogP contribution in [0.4, 0.5) is 0 Å². The molecule has 0 fully saturated rings. The summed E-state index contributed by atoms with van der Waals surface area (Å²) in [6, 6.07) is 0. The molecule has 1 unspecified atom stereocenters. The van der Waals surface area contributed by atoms with Gasteiger partial charge in [-0.1, -0.05) is 26.7 Å². The summed E-state index contributed by atoms with van der Waals surface area (Å²) in [4.78, 5) is 37.5. The molecular formula is C8H18O4P+. The summed E-state index contributed by atoms with van der Waals surface area (Å²) in [7, 11) is -4.26. The molecule has 0 radical (unpaired) electrons. The molecule has 5 heteroatoms. The van der Waals surface area contributed by atoms with Gasteiger partial charge in [0.1, 0.15) is 0 Å². The van der Waals surface area contributed by atoms with Crippen molar-refractivity contribution in [2.24, 2.45) is 5.92 Å². The third-order valence-electron chi connectivity index (χ3n) is 2.04. The largest absolute Gasteiger partial charge is 0.478 e. The molecule has 0 aromatic carbocycles. The zero-order valence-corrected chi connectivity index (χ0v) is 9.00. The Hall–Kier alpha value is -0.0200. The minimum atomic E-state index is -4.26. The smallest absolute Gasteiger partial charge is 0.243 e. The highest BCUT2D eigenvalue weighted by Crippen LogP contribution is 2.49. The lowest BCUT2D eigenvalue weighted by Crippen LogP contribution is -2.17. The summed E-state index contributed by atoms with van der Waals surface area (Å²) in [6.45, 7) is 3.80. The molecule has 0 rings (SSSR count). The minimum absolute atomic E-state index is 0.409. The van der Waals surface area contributed by atoms with E-state index in [1.807, 2.05) is 6.92 Å². The zero-order chi connectivity index (χ0) is 10.5. The molecule has 0 aliphatic heterocycles. The Labute approximate surface area is 79.2 Å². The second-order valence-corrected chi connectivity index (χ2v) is 4.73. The summed E-state index contributed by atoms with van der Waals surface area (Å²) in [5.41, 5.74) is -0.788. The van der Waals surface area contributed by atoms with Gasteiger partial charge in [-0.2, -0.15) is 14.7 Å². The van der Waals surface area contributed by atoms with Gasteiger partial charge in [-0.05, 0) is 12.8 Å². The van der Waals surface area contributed by atoms with Gasteiger partial charge >= 0.3 is 13.5 Å². The molecule has 0 heterocycles. The monoisotopic (exact) mass is 209 g/mol. The maximum atomic E-state index is 11.2. The normalized spacial score (nSPS) is 14.2. The van der Waals surface area contributed by atoms with E-state index in [0.29, 0.717) is 12.8 Å². The zero-order valence-electron chi connectivity index (χ0n) is 8.10. The van der Waals surface area contributed by atoms with Crippen LogP contribution in [0.1, 0.15) is 39.5 Å². The van der Waals surface area contributed by atoms with Crippen LogP contribution in [0, 0.1) is 5.92 Å². The highest BCUT2D eigenvalue weighted by Gasteiger charge is 2.46. The van der Waals surface area contributed by atoms with Gasteiger partial charge in [0.25, 0.3) is 0 Å². The number of carbonyl (C=O) groups excluding carboxylic acids is 1. The lowest BCUT2D eigenvalue weighted by atomic mass is 10.0. The van der Waals surface area contributed by atoms with Crippen LogP contribution in [0.5, 0.6) is 0 Å². The van der Waals surface area contributed by atoms with Crippen molar-refractivity contribution in [1.29, 1.82) is 0 Å². The van der Waals surface area contributed by atoms with E-state index in [4.69, 9.17) is 14.7 Å². The molecule has 0 aromatic heterocycles. The van der Waals surface area contributed by atoms with Crippen LogP contribution in [0.3, 0.4) is 0 Å². The van der Waals surface area contributed by atoms with Crippen molar-refractivity contribution < 1.29 is 19.5 Å². The van der Waals surface area contributed by atoms with Crippen LogP contribution in [0.15, 0.2) is 0 Å². The Kier molecular flexibility index (Phi) is 5.65. The number of unbranched alkanes of at least 4 members (excludes halogenated alkanes) is 1. The molecule has 13 heavy (non-hydrogen) atoms. The third kappa shape index (κ3) is 4.67. The molecule has 0 aliphatic carbocycles. The van der Waals surface area contributed by atoms with Crippen molar-refractivity contribution in [2.45, 2.75) is 39.5 Å². The van der Waals surface area contributed by atoms with Crippen LogP contribution in [-0.2, 0) is 4.79 Å². The van der Waals surface area contributed by atoms with Crippen LogP contribution >= 0.6 is 7.94 Å². The molecule has 0 bridgehead atoms. The van der Waals surface area contributed by atoms with Crippen LogP contribution in [-0.4, -0.2) is 20.2 Å². The van der Waals surface area contributed by atoms with E-state index < -0.39 is 19.4 Å². The molecule has 3 N–H and O–H groups in total. The fourth-order valence-corrected chi connectivity index (χ4v) is 2.00. The van der Waals surface area contributed by atoms with E-state index in [9.17, 15) is 4.79 Å². The maximum Gasteiger partial charge on any atom is 0.478 e. The summed E-state index contributed by atoms with van der Waals surface area (Å²) in [5.74, 6) is -0.409. The Bertz CT molecular complexity index is 164. The quantitative estimate of drug-likeness (QED) is 0.579. The van der Waals surface area contributed by atoms with Crippen LogP contribution < -0.4 is 0 Å². The lowest BCUT2D eigenvalue weighted by molar-refractivity contribution is -0.118. The van der Waals surface area contributed by atoms with E-state index in [2.05, 4.69) is 0 Å². The predicted octanol–water partition coefficient (Wildman–Crippen LogP) is 1.47. The topological polar surface area (TPSA) is 77.8 Å². The van der Waals surface area contributed by atoms with Gasteiger partial charge in [-0.3, -0.25) is 0 Å². The molecular weight excluding hydrogens is 191 g/mol. The van der Waals surface area contributed by atoms with Crippen molar-refractivity contribution in [2.75, 3.05) is 0 Å². The van der Waals surface area contributed by atoms with E-state index in [1.165, 1.54) is 0 Å². The first-order chi connectivity index (χ1) is 5.93. The van der Waals surface area contributed by atoms with Crippen molar-refractivity contribution in [3.8, 4) is 0 Å². The van der Waals surface area contributed by atoms with Gasteiger partial charge < -0.3 is 0 Å². The van der Waals surface area contributed by atoms with Crippen molar-refractivity contribution in [1.82, 2.24) is 0 Å². The van der Waals surface area contributed by atoms with E-state index in [-0.39, 0.29) is 0 Å². The highest BCUT2D eigenvalue weighted by atomic mass is 31.2. The van der Waals surface area contributed by atoms with Crippen molar-refractivity contribution >= 4 is 13.5 Å². The Balaban J connectivity index is 4.16. The van der Waals surface area contributed by atoms with Crippen LogP contribution in [0.25, 0.3) is 0 Å². The average molecular weight is 209 g/mol. The summed E-state index contributed by atoms with van der Waals surface area (Å²) in [5, 5.41) is 0. The molecule has 0 aromatic rings. The average Bonchev–Trinajstić information content (AvgIpc) is 2.04. The molecule has 1 atom stereocenters. The van der Waals surface area contributed by atoms with Crippen molar-refractivity contribution in [3.63, 3.8) is 0 Å². The fraction of sp³-hybridized carbons (Fsp3) is 0.875. The molecule has 0 saturated carbocycles. The second kappa shape index (κ2) is 5.66. The molecule has 0 saturated heterocycles. The molecule has 0 spiro atoms. The van der Waals surface area contributed by atoms with E-state index in [1.54, 1.807) is 6.92 Å². The molecule has 78 valence electrons. The van der Waals surface area contributed by atoms with E-state index in [0.717, 1.165) is 12.8 Å². The van der Waals surface area contributed by atoms with E-state index >= 15 is 0 Å². The highest BCUT2D eigenvalue weighted by molar-refractivity contribution is 7.76. The number of hydrogen-bond acceptors (Lipinski definition) is 4. The lowest BCUT2D eigenvalue weighted by Gasteiger charge is -2.11. The number of hydrogen-bond donors (Lipinski definition) is 3. The second-order valence-electron chi connectivity index (χ2n) is 3.15. The Morgan fingerprint density at radius 2 is 1.85 bits per heavy atom. The fourth-order valence-electron chi connectivity index (χ4n) is 1.20. The van der Waals surface area contributed by atoms with Crippen LogP contribution in [0.2, 0.25) is 0 Å². The van der Waals surface area contributed by atoms with Gasteiger partial charge in [-0.25, -0.2) is 4.79 Å². The number of carbonyl (C=O) groups is 1. The first-order valence-corrected chi connectivity index (χ1v) is 6.19. The first kappa shape index (κ1) is 13.0. The van der Waals surface area contributed by atoms with Gasteiger partial charge in [0.05, 0.1) is 5.92 Å². The molecule has 0 aliphatic rings. The van der Waals surface area contributed by atoms with Gasteiger partial charge in [0, 0.05) is 0 Å². The van der Waals surface area contributed by atoms with Crippen molar-refractivity contribution in [3.05, 3.63) is 0 Å². The Morgan fingerprint density at radius 3 is 2.15 bits per heavy atom. The summed E-state index contributed by atoms with van der Waals surface area (Å²) < 4.78 is 0. The molecule has 0 amide bonds. The Morgan fingerprint density at radius 1 is 1.31 bits per heavy atom. The summed E-state index contributed by atoms with van der Waals surface area (Å²) in [6.07, 6.45) is 2.99. The van der Waals surface area contributed by atoms with Gasteiger partial charge in [0.2, 0.25) is 0 Å².